The number of carbonyl (C=O) groups is 1. The van der Waals surface area contributed by atoms with E-state index in [9.17, 15) is 14.3 Å². The summed E-state index contributed by atoms with van der Waals surface area (Å²) in [4.78, 5) is 20.2. The molecular weight excluding hydrogens is 311 g/mol. The summed E-state index contributed by atoms with van der Waals surface area (Å²) >= 11 is 0. The summed E-state index contributed by atoms with van der Waals surface area (Å²) in [5.41, 5.74) is 0.390. The number of benzene rings is 1. The van der Waals surface area contributed by atoms with Crippen molar-refractivity contribution in [2.24, 2.45) is 0 Å². The van der Waals surface area contributed by atoms with Crippen molar-refractivity contribution in [3.05, 3.63) is 53.9 Å². The Labute approximate surface area is 140 Å². The fraction of sp³-hybridized carbons (Fsp3) is 0.353. The van der Waals surface area contributed by atoms with Crippen LogP contribution in [0.4, 0.5) is 14.9 Å². The highest BCUT2D eigenvalue weighted by Gasteiger charge is 2.17. The number of hydrogen-bond donors (Lipinski definition) is 3. The lowest BCUT2D eigenvalue weighted by Gasteiger charge is -2.16. The highest BCUT2D eigenvalue weighted by atomic mass is 19.1. The van der Waals surface area contributed by atoms with Crippen LogP contribution in [0.25, 0.3) is 0 Å². The van der Waals surface area contributed by atoms with Crippen molar-refractivity contribution in [1.29, 1.82) is 0 Å². The van der Waals surface area contributed by atoms with E-state index in [1.807, 2.05) is 20.8 Å². The Bertz CT molecular complexity index is 698. The van der Waals surface area contributed by atoms with Gasteiger partial charge in [-0.1, -0.05) is 39.0 Å². The Morgan fingerprint density at radius 1 is 1.25 bits per heavy atom. The van der Waals surface area contributed by atoms with Gasteiger partial charge in [0.25, 0.3) is 0 Å². The summed E-state index contributed by atoms with van der Waals surface area (Å²) in [6.45, 7) is 5.86. The number of hydrogen-bond acceptors (Lipinski definition) is 4. The number of anilines is 1. The predicted octanol–water partition coefficient (Wildman–Crippen LogP) is 2.77. The van der Waals surface area contributed by atoms with Crippen LogP contribution in [0.15, 0.2) is 36.7 Å². The van der Waals surface area contributed by atoms with Gasteiger partial charge in [0.15, 0.2) is 0 Å². The van der Waals surface area contributed by atoms with Crippen LogP contribution in [0.1, 0.15) is 38.3 Å². The second kappa shape index (κ2) is 7.35. The van der Waals surface area contributed by atoms with Gasteiger partial charge in [-0.15, -0.1) is 0 Å². The lowest BCUT2D eigenvalue weighted by Crippen LogP contribution is -2.32. The molecule has 1 aromatic heterocycles. The maximum absolute atomic E-state index is 13.5. The van der Waals surface area contributed by atoms with E-state index in [1.54, 1.807) is 6.07 Å². The van der Waals surface area contributed by atoms with Crippen molar-refractivity contribution in [3.8, 4) is 0 Å². The summed E-state index contributed by atoms with van der Waals surface area (Å²) in [5.74, 6) is 0.154. The van der Waals surface area contributed by atoms with E-state index in [1.165, 1.54) is 30.6 Å². The van der Waals surface area contributed by atoms with E-state index in [0.29, 0.717) is 11.5 Å². The third-order valence-corrected chi connectivity index (χ3v) is 3.30. The first-order valence-electron chi connectivity index (χ1n) is 7.57. The second-order valence-corrected chi connectivity index (χ2v) is 6.42. The van der Waals surface area contributed by atoms with Gasteiger partial charge in [-0.2, -0.15) is 0 Å². The first-order valence-corrected chi connectivity index (χ1v) is 7.57. The number of nitrogens with one attached hydrogen (secondary N) is 2. The third kappa shape index (κ3) is 4.73. The summed E-state index contributed by atoms with van der Waals surface area (Å²) in [6.07, 6.45) is 1.90. The fourth-order valence-corrected chi connectivity index (χ4v) is 2.00. The van der Waals surface area contributed by atoms with Crippen LogP contribution in [0.3, 0.4) is 0 Å². The Hall–Kier alpha value is -2.54. The van der Waals surface area contributed by atoms with Crippen molar-refractivity contribution in [2.45, 2.75) is 32.3 Å². The summed E-state index contributed by atoms with van der Waals surface area (Å²) in [7, 11) is 0. The number of amides is 2. The quantitative estimate of drug-likeness (QED) is 0.803. The molecule has 2 rings (SSSR count). The van der Waals surface area contributed by atoms with Gasteiger partial charge in [0.1, 0.15) is 11.6 Å². The van der Waals surface area contributed by atoms with E-state index < -0.39 is 18.0 Å². The zero-order valence-electron chi connectivity index (χ0n) is 13.9. The molecule has 0 fully saturated rings. The molecule has 0 aliphatic rings. The summed E-state index contributed by atoms with van der Waals surface area (Å²) in [5, 5.41) is 15.0. The van der Waals surface area contributed by atoms with Crippen LogP contribution in [0.2, 0.25) is 0 Å². The number of rotatable bonds is 4. The van der Waals surface area contributed by atoms with E-state index in [0.717, 1.165) is 0 Å². The lowest BCUT2D eigenvalue weighted by molar-refractivity contribution is 0.170. The Morgan fingerprint density at radius 2 is 1.88 bits per heavy atom. The number of nitrogens with zero attached hydrogens (tertiary/aromatic N) is 2. The minimum atomic E-state index is -1.13. The Morgan fingerprint density at radius 3 is 2.46 bits per heavy atom. The van der Waals surface area contributed by atoms with Crippen molar-refractivity contribution < 1.29 is 14.3 Å². The van der Waals surface area contributed by atoms with Gasteiger partial charge in [-0.3, -0.25) is 0 Å². The molecule has 6 nitrogen and oxygen atoms in total. The molecule has 0 spiro atoms. The molecule has 0 aliphatic heterocycles. The van der Waals surface area contributed by atoms with Gasteiger partial charge in [0.05, 0.1) is 24.2 Å². The first kappa shape index (κ1) is 17.8. The van der Waals surface area contributed by atoms with Crippen molar-refractivity contribution in [2.75, 3.05) is 11.9 Å². The van der Waals surface area contributed by atoms with Gasteiger partial charge in [0, 0.05) is 17.5 Å². The van der Waals surface area contributed by atoms with Crippen LogP contribution in [0, 0.1) is 5.82 Å². The fourth-order valence-electron chi connectivity index (χ4n) is 2.00. The monoisotopic (exact) mass is 332 g/mol. The van der Waals surface area contributed by atoms with E-state index in [-0.39, 0.29) is 17.5 Å². The zero-order chi connectivity index (χ0) is 17.7. The normalized spacial score (nSPS) is 12.5. The molecule has 0 radical (unpaired) electrons. The molecule has 2 amide bonds. The number of aliphatic hydroxyl groups is 1. The van der Waals surface area contributed by atoms with Crippen LogP contribution < -0.4 is 10.6 Å². The molecule has 0 saturated heterocycles. The van der Waals surface area contributed by atoms with Gasteiger partial charge >= 0.3 is 6.03 Å². The van der Waals surface area contributed by atoms with Crippen molar-refractivity contribution in [1.82, 2.24) is 15.3 Å². The SMILES string of the molecule is CC(C)(C)c1ncc(NC(=O)NC[C@@H](O)c2ccccc2F)cn1. The minimum absolute atomic E-state index is 0.117. The number of urea groups is 1. The standard InChI is InChI=1S/C17H21FN4O2/c1-17(2,3)15-19-8-11(9-20-15)22-16(24)21-10-14(23)12-6-4-5-7-13(12)18/h4-9,14,23H,10H2,1-3H3,(H2,21,22,24)/t14-/m1/s1. The molecule has 1 heterocycles. The van der Waals surface area contributed by atoms with Gasteiger partial charge in [-0.05, 0) is 6.07 Å². The van der Waals surface area contributed by atoms with Crippen LogP contribution in [0.5, 0.6) is 0 Å². The molecule has 2 aromatic rings. The smallest absolute Gasteiger partial charge is 0.319 e. The van der Waals surface area contributed by atoms with Gasteiger partial charge < -0.3 is 15.7 Å². The van der Waals surface area contributed by atoms with E-state index in [4.69, 9.17) is 0 Å². The molecule has 0 aliphatic carbocycles. The van der Waals surface area contributed by atoms with Gasteiger partial charge in [0.2, 0.25) is 0 Å². The Balaban J connectivity index is 1.88. The number of aliphatic hydroxyl groups excluding tert-OH is 1. The van der Waals surface area contributed by atoms with Crippen molar-refractivity contribution >= 4 is 11.7 Å². The summed E-state index contributed by atoms with van der Waals surface area (Å²) < 4.78 is 13.5. The first-order chi connectivity index (χ1) is 11.3. The molecule has 3 N–H and O–H groups in total. The third-order valence-electron chi connectivity index (χ3n) is 3.30. The van der Waals surface area contributed by atoms with Crippen LogP contribution in [-0.2, 0) is 5.41 Å². The predicted molar refractivity (Wildman–Crippen MR) is 89.1 cm³/mol. The highest BCUT2D eigenvalue weighted by molar-refractivity contribution is 5.88. The molecule has 0 unspecified atom stereocenters. The van der Waals surface area contributed by atoms with Crippen LogP contribution >= 0.6 is 0 Å². The topological polar surface area (TPSA) is 87.1 Å². The molecule has 7 heteroatoms. The minimum Gasteiger partial charge on any atom is -0.386 e. The van der Waals surface area contributed by atoms with E-state index >= 15 is 0 Å². The maximum atomic E-state index is 13.5. The number of carbonyl (C=O) groups excluding carboxylic acids is 1. The maximum Gasteiger partial charge on any atom is 0.319 e. The molecule has 1 aromatic carbocycles. The average molecular weight is 332 g/mol. The molecule has 0 bridgehead atoms. The summed E-state index contributed by atoms with van der Waals surface area (Å²) in [6, 6.07) is 5.35. The highest BCUT2D eigenvalue weighted by Crippen LogP contribution is 2.18. The second-order valence-electron chi connectivity index (χ2n) is 6.42. The zero-order valence-corrected chi connectivity index (χ0v) is 13.9. The van der Waals surface area contributed by atoms with Crippen molar-refractivity contribution in [3.63, 3.8) is 0 Å². The molecule has 1 atom stereocenters. The molecule has 0 saturated carbocycles. The molecule has 128 valence electrons. The largest absolute Gasteiger partial charge is 0.386 e. The Kier molecular flexibility index (Phi) is 5.46. The number of halogens is 1. The number of aromatic nitrogens is 2. The lowest BCUT2D eigenvalue weighted by atomic mass is 9.96. The van der Waals surface area contributed by atoms with Gasteiger partial charge in [-0.25, -0.2) is 19.2 Å². The molecule has 24 heavy (non-hydrogen) atoms. The van der Waals surface area contributed by atoms with E-state index in [2.05, 4.69) is 20.6 Å². The van der Waals surface area contributed by atoms with Crippen LogP contribution in [-0.4, -0.2) is 27.7 Å². The molecular formula is C17H21FN4O2. The average Bonchev–Trinajstić information content (AvgIpc) is 2.53.